The van der Waals surface area contributed by atoms with Crippen LogP contribution in [0.15, 0.2) is 12.1 Å². The summed E-state index contributed by atoms with van der Waals surface area (Å²) >= 11 is 0. The van der Waals surface area contributed by atoms with Crippen LogP contribution in [0.1, 0.15) is 44.3 Å². The van der Waals surface area contributed by atoms with E-state index in [-0.39, 0.29) is 17.5 Å². The quantitative estimate of drug-likeness (QED) is 0.697. The summed E-state index contributed by atoms with van der Waals surface area (Å²) in [5.41, 5.74) is 0.0508. The lowest BCUT2D eigenvalue weighted by atomic mass is 9.96. The van der Waals surface area contributed by atoms with Crippen molar-refractivity contribution in [3.8, 4) is 0 Å². The zero-order valence-corrected chi connectivity index (χ0v) is 17.4. The number of nitrogens with zero attached hydrogens (tertiary/aromatic N) is 6. The zero-order chi connectivity index (χ0) is 21.8. The van der Waals surface area contributed by atoms with Gasteiger partial charge in [0.15, 0.2) is 5.65 Å². The molecule has 0 saturated carbocycles. The molecule has 0 aromatic carbocycles. The number of hydrogen-bond acceptors (Lipinski definition) is 6. The number of amides is 1. The minimum atomic E-state index is -4.62. The Morgan fingerprint density at radius 3 is 2.52 bits per heavy atom. The Morgan fingerprint density at radius 1 is 1.06 bits per heavy atom. The van der Waals surface area contributed by atoms with Gasteiger partial charge in [0.2, 0.25) is 5.91 Å². The van der Waals surface area contributed by atoms with Gasteiger partial charge in [-0.15, -0.1) is 15.3 Å². The van der Waals surface area contributed by atoms with Crippen LogP contribution in [0.3, 0.4) is 0 Å². The van der Waals surface area contributed by atoms with Crippen LogP contribution in [0.4, 0.5) is 19.0 Å². The predicted octanol–water partition coefficient (Wildman–Crippen LogP) is 2.35. The number of anilines is 1. The summed E-state index contributed by atoms with van der Waals surface area (Å²) in [7, 11) is 0. The number of rotatable bonds is 6. The van der Waals surface area contributed by atoms with E-state index in [1.165, 1.54) is 25.3 Å². The van der Waals surface area contributed by atoms with Crippen LogP contribution >= 0.6 is 0 Å². The molecule has 0 spiro atoms. The fraction of sp³-hybridized carbons (Fsp3) is 0.700. The average molecular weight is 439 g/mol. The molecule has 2 aromatic heterocycles. The molecular formula is C20H28F3N7O. The Kier molecular flexibility index (Phi) is 6.59. The highest BCUT2D eigenvalue weighted by Gasteiger charge is 2.38. The summed E-state index contributed by atoms with van der Waals surface area (Å²) in [6.45, 7) is 5.15. The third-order valence-electron chi connectivity index (χ3n) is 6.09. The van der Waals surface area contributed by atoms with E-state index in [0.29, 0.717) is 38.3 Å². The van der Waals surface area contributed by atoms with Crippen molar-refractivity contribution in [2.24, 2.45) is 5.92 Å². The lowest BCUT2D eigenvalue weighted by Gasteiger charge is -2.32. The van der Waals surface area contributed by atoms with Crippen LogP contribution < -0.4 is 10.2 Å². The molecule has 8 nitrogen and oxygen atoms in total. The van der Waals surface area contributed by atoms with Crippen LogP contribution in [0.25, 0.3) is 5.65 Å². The van der Waals surface area contributed by atoms with Gasteiger partial charge in [0.25, 0.3) is 5.82 Å². The minimum absolute atomic E-state index is 0.0508. The van der Waals surface area contributed by atoms with E-state index < -0.39 is 12.0 Å². The van der Waals surface area contributed by atoms with E-state index in [4.69, 9.17) is 0 Å². The van der Waals surface area contributed by atoms with E-state index >= 15 is 0 Å². The van der Waals surface area contributed by atoms with Crippen molar-refractivity contribution in [1.29, 1.82) is 0 Å². The summed E-state index contributed by atoms with van der Waals surface area (Å²) in [5, 5.41) is 13.9. The van der Waals surface area contributed by atoms with Crippen molar-refractivity contribution in [3.05, 3.63) is 18.0 Å². The molecule has 0 aliphatic carbocycles. The Bertz CT molecular complexity index is 887. The number of likely N-dealkylation sites (tertiary alicyclic amines) is 1. The van der Waals surface area contributed by atoms with Crippen LogP contribution in [0.2, 0.25) is 0 Å². The predicted molar refractivity (Wildman–Crippen MR) is 109 cm³/mol. The van der Waals surface area contributed by atoms with Gasteiger partial charge in [0.05, 0.1) is 0 Å². The lowest BCUT2D eigenvalue weighted by Crippen LogP contribution is -2.41. The van der Waals surface area contributed by atoms with E-state index in [1.54, 1.807) is 6.07 Å². The van der Waals surface area contributed by atoms with Gasteiger partial charge in [-0.3, -0.25) is 4.79 Å². The standard InChI is InChI=1S/C20H28F3N7O/c21-20(22,23)19-26-25-16-5-6-17(27-30(16)19)29-13-7-15(8-14-29)18(31)24-9-4-12-28-10-2-1-3-11-28/h5-6,15H,1-4,7-14H2,(H,24,31). The molecule has 2 aromatic rings. The molecule has 2 aliphatic heterocycles. The fourth-order valence-corrected chi connectivity index (χ4v) is 4.34. The highest BCUT2D eigenvalue weighted by Crippen LogP contribution is 2.28. The number of piperidine rings is 2. The third-order valence-corrected chi connectivity index (χ3v) is 6.09. The second-order valence-electron chi connectivity index (χ2n) is 8.29. The molecule has 0 radical (unpaired) electrons. The van der Waals surface area contributed by atoms with Crippen LogP contribution in [-0.4, -0.2) is 69.9 Å². The monoisotopic (exact) mass is 439 g/mol. The van der Waals surface area contributed by atoms with Gasteiger partial charge in [0, 0.05) is 25.6 Å². The maximum Gasteiger partial charge on any atom is 0.453 e. The summed E-state index contributed by atoms with van der Waals surface area (Å²) < 4.78 is 40.0. The van der Waals surface area contributed by atoms with Crippen molar-refractivity contribution in [3.63, 3.8) is 0 Å². The van der Waals surface area contributed by atoms with Gasteiger partial charge >= 0.3 is 6.18 Å². The number of alkyl halides is 3. The first-order valence-electron chi connectivity index (χ1n) is 11.0. The Morgan fingerprint density at radius 2 is 1.81 bits per heavy atom. The van der Waals surface area contributed by atoms with Gasteiger partial charge in [-0.25, -0.2) is 0 Å². The highest BCUT2D eigenvalue weighted by molar-refractivity contribution is 5.78. The van der Waals surface area contributed by atoms with E-state index in [0.717, 1.165) is 30.6 Å². The molecule has 4 rings (SSSR count). The molecule has 31 heavy (non-hydrogen) atoms. The van der Waals surface area contributed by atoms with Gasteiger partial charge in [-0.1, -0.05) is 6.42 Å². The second-order valence-corrected chi connectivity index (χ2v) is 8.29. The van der Waals surface area contributed by atoms with Crippen molar-refractivity contribution in [2.45, 2.75) is 44.7 Å². The SMILES string of the molecule is O=C(NCCCN1CCCCC1)C1CCN(c2ccc3nnc(C(F)(F)F)n3n2)CC1. The highest BCUT2D eigenvalue weighted by atomic mass is 19.4. The van der Waals surface area contributed by atoms with Gasteiger partial charge in [-0.05, 0) is 63.9 Å². The lowest BCUT2D eigenvalue weighted by molar-refractivity contribution is -0.146. The number of carbonyl (C=O) groups is 1. The summed E-state index contributed by atoms with van der Waals surface area (Å²) in [5.74, 6) is -0.711. The molecule has 2 aliphatic rings. The van der Waals surface area contributed by atoms with E-state index in [2.05, 4.69) is 25.5 Å². The molecule has 1 N–H and O–H groups in total. The Hall–Kier alpha value is -2.43. The normalized spacial score (nSPS) is 19.1. The largest absolute Gasteiger partial charge is 0.453 e. The molecular weight excluding hydrogens is 411 g/mol. The summed E-state index contributed by atoms with van der Waals surface area (Å²) in [4.78, 5) is 16.8. The van der Waals surface area contributed by atoms with Crippen molar-refractivity contribution in [1.82, 2.24) is 30.0 Å². The second kappa shape index (κ2) is 9.37. The number of halogens is 3. The molecule has 4 heterocycles. The third kappa shape index (κ3) is 5.25. The first-order chi connectivity index (χ1) is 14.9. The summed E-state index contributed by atoms with van der Waals surface area (Å²) in [6.07, 6.45) is 1.47. The number of aromatic nitrogens is 4. The van der Waals surface area contributed by atoms with Crippen LogP contribution in [-0.2, 0) is 11.0 Å². The molecule has 2 fully saturated rings. The van der Waals surface area contributed by atoms with E-state index in [9.17, 15) is 18.0 Å². The van der Waals surface area contributed by atoms with Crippen molar-refractivity contribution in [2.75, 3.05) is 44.2 Å². The topological polar surface area (TPSA) is 78.7 Å². The van der Waals surface area contributed by atoms with Crippen molar-refractivity contribution < 1.29 is 18.0 Å². The Balaban J connectivity index is 1.26. The molecule has 0 unspecified atom stereocenters. The van der Waals surface area contributed by atoms with Crippen molar-refractivity contribution >= 4 is 17.4 Å². The molecule has 0 atom stereocenters. The number of fused-ring (bicyclic) bond motifs is 1. The molecule has 11 heteroatoms. The van der Waals surface area contributed by atoms with Gasteiger partial charge < -0.3 is 15.1 Å². The smallest absolute Gasteiger partial charge is 0.356 e. The minimum Gasteiger partial charge on any atom is -0.356 e. The summed E-state index contributed by atoms with van der Waals surface area (Å²) in [6, 6.07) is 3.12. The zero-order valence-electron chi connectivity index (χ0n) is 17.4. The first kappa shape index (κ1) is 21.8. The molecule has 1 amide bonds. The molecule has 0 bridgehead atoms. The van der Waals surface area contributed by atoms with Crippen LogP contribution in [0.5, 0.6) is 0 Å². The number of hydrogen-bond donors (Lipinski definition) is 1. The Labute approximate surface area is 178 Å². The van der Waals surface area contributed by atoms with E-state index in [1.807, 2.05) is 4.90 Å². The fourth-order valence-electron chi connectivity index (χ4n) is 4.34. The van der Waals surface area contributed by atoms with Gasteiger partial charge in [0.1, 0.15) is 5.82 Å². The first-order valence-corrected chi connectivity index (χ1v) is 11.0. The molecule has 170 valence electrons. The average Bonchev–Trinajstić information content (AvgIpc) is 3.21. The van der Waals surface area contributed by atoms with Gasteiger partial charge in [-0.2, -0.15) is 17.7 Å². The number of nitrogens with one attached hydrogen (secondary N) is 1. The molecule has 2 saturated heterocycles. The maximum absolute atomic E-state index is 13.1. The van der Waals surface area contributed by atoms with Crippen LogP contribution in [0, 0.1) is 5.92 Å². The maximum atomic E-state index is 13.1. The number of carbonyl (C=O) groups excluding carboxylic acids is 1.